The van der Waals surface area contributed by atoms with Crippen LogP contribution in [0.25, 0.3) is 10.8 Å². The molecule has 2 aromatic rings. The first-order chi connectivity index (χ1) is 14.7. The van der Waals surface area contributed by atoms with Crippen molar-refractivity contribution in [3.63, 3.8) is 0 Å². The van der Waals surface area contributed by atoms with E-state index in [0.29, 0.717) is 6.54 Å². The largest absolute Gasteiger partial charge is 0.494 e. The molecule has 2 atom stereocenters. The number of piperidine rings is 2. The van der Waals surface area contributed by atoms with Crippen LogP contribution in [0.3, 0.4) is 0 Å². The van der Waals surface area contributed by atoms with Crippen molar-refractivity contribution in [1.82, 2.24) is 10.2 Å². The maximum Gasteiger partial charge on any atom is 0.253 e. The number of carbonyl (C=O) groups is 1. The lowest BCUT2D eigenvalue weighted by Gasteiger charge is -2.32. The van der Waals surface area contributed by atoms with Gasteiger partial charge in [-0.1, -0.05) is 12.1 Å². The SMILES string of the molecule is COC1CCCN(C(=O)c2ccc3cc(OCCCC4CCCNC4)ccc3c2)C1. The number of nitrogens with zero attached hydrogens (tertiary/aromatic N) is 1. The number of rotatable bonds is 7. The molecule has 0 aromatic heterocycles. The van der Waals surface area contributed by atoms with E-state index in [1.54, 1.807) is 7.11 Å². The summed E-state index contributed by atoms with van der Waals surface area (Å²) in [4.78, 5) is 14.8. The molecule has 2 unspecified atom stereocenters. The Kier molecular flexibility index (Phi) is 7.24. The molecule has 0 saturated carbocycles. The Bertz CT molecular complexity index is 847. The summed E-state index contributed by atoms with van der Waals surface area (Å²) >= 11 is 0. The second-order valence-corrected chi connectivity index (χ2v) is 8.68. The Morgan fingerprint density at radius 1 is 1.13 bits per heavy atom. The summed E-state index contributed by atoms with van der Waals surface area (Å²) in [6, 6.07) is 12.1. The van der Waals surface area contributed by atoms with Gasteiger partial charge >= 0.3 is 0 Å². The van der Waals surface area contributed by atoms with E-state index in [2.05, 4.69) is 17.4 Å². The van der Waals surface area contributed by atoms with Gasteiger partial charge in [0.05, 0.1) is 12.7 Å². The molecule has 2 heterocycles. The van der Waals surface area contributed by atoms with Crippen LogP contribution in [0.5, 0.6) is 5.75 Å². The van der Waals surface area contributed by atoms with Crippen LogP contribution < -0.4 is 10.1 Å². The molecule has 30 heavy (non-hydrogen) atoms. The summed E-state index contributed by atoms with van der Waals surface area (Å²) in [7, 11) is 1.72. The Hall–Kier alpha value is -2.11. The average molecular weight is 411 g/mol. The average Bonchev–Trinajstić information content (AvgIpc) is 2.81. The molecule has 5 nitrogen and oxygen atoms in total. The zero-order chi connectivity index (χ0) is 20.8. The van der Waals surface area contributed by atoms with Crippen molar-refractivity contribution < 1.29 is 14.3 Å². The Morgan fingerprint density at radius 3 is 2.83 bits per heavy atom. The van der Waals surface area contributed by atoms with Gasteiger partial charge in [0.25, 0.3) is 5.91 Å². The number of nitrogens with one attached hydrogen (secondary N) is 1. The van der Waals surface area contributed by atoms with Gasteiger partial charge < -0.3 is 19.7 Å². The molecule has 5 heteroatoms. The second-order valence-electron chi connectivity index (χ2n) is 8.68. The highest BCUT2D eigenvalue weighted by atomic mass is 16.5. The van der Waals surface area contributed by atoms with Crippen molar-refractivity contribution in [3.8, 4) is 5.75 Å². The van der Waals surface area contributed by atoms with Gasteiger partial charge in [-0.15, -0.1) is 0 Å². The lowest BCUT2D eigenvalue weighted by Crippen LogP contribution is -2.42. The summed E-state index contributed by atoms with van der Waals surface area (Å²) in [5.41, 5.74) is 0.744. The first-order valence-electron chi connectivity index (χ1n) is 11.4. The molecule has 1 amide bonds. The zero-order valence-electron chi connectivity index (χ0n) is 18.1. The number of hydrogen-bond acceptors (Lipinski definition) is 4. The quantitative estimate of drug-likeness (QED) is 0.694. The van der Waals surface area contributed by atoms with Crippen molar-refractivity contribution in [3.05, 3.63) is 42.0 Å². The highest BCUT2D eigenvalue weighted by Gasteiger charge is 2.24. The molecule has 2 aliphatic heterocycles. The van der Waals surface area contributed by atoms with Crippen molar-refractivity contribution in [1.29, 1.82) is 0 Å². The van der Waals surface area contributed by atoms with E-state index in [4.69, 9.17) is 9.47 Å². The van der Waals surface area contributed by atoms with Crippen LogP contribution in [0.4, 0.5) is 0 Å². The Morgan fingerprint density at radius 2 is 2.00 bits per heavy atom. The molecule has 0 spiro atoms. The molecule has 2 fully saturated rings. The summed E-state index contributed by atoms with van der Waals surface area (Å²) in [5, 5.41) is 5.65. The molecular formula is C25H34N2O3. The predicted octanol–water partition coefficient (Wildman–Crippen LogP) is 4.25. The number of likely N-dealkylation sites (tertiary alicyclic amines) is 1. The van der Waals surface area contributed by atoms with E-state index in [1.807, 2.05) is 29.2 Å². The predicted molar refractivity (Wildman–Crippen MR) is 120 cm³/mol. The molecule has 1 N–H and O–H groups in total. The van der Waals surface area contributed by atoms with E-state index >= 15 is 0 Å². The maximum atomic E-state index is 12.9. The minimum absolute atomic E-state index is 0.0937. The van der Waals surface area contributed by atoms with Crippen LogP contribution in [0.15, 0.2) is 36.4 Å². The summed E-state index contributed by atoms with van der Waals surface area (Å²) in [5.74, 6) is 1.80. The lowest BCUT2D eigenvalue weighted by molar-refractivity contribution is 0.0269. The van der Waals surface area contributed by atoms with Crippen molar-refractivity contribution in [2.75, 3.05) is 39.9 Å². The molecule has 2 saturated heterocycles. The molecule has 162 valence electrons. The van der Waals surface area contributed by atoms with E-state index in [1.165, 1.54) is 25.8 Å². The van der Waals surface area contributed by atoms with Gasteiger partial charge in [0.1, 0.15) is 5.75 Å². The molecular weight excluding hydrogens is 376 g/mol. The van der Waals surface area contributed by atoms with E-state index < -0.39 is 0 Å². The number of ether oxygens (including phenoxy) is 2. The third-order valence-corrected chi connectivity index (χ3v) is 6.48. The standard InChI is InChI=1S/C25H34N2O3/c1-29-24-7-3-13-27(18-24)25(28)22-9-8-21-16-23(11-10-20(21)15-22)30-14-4-6-19-5-2-12-26-17-19/h8-11,15-16,19,24,26H,2-7,12-14,17-18H2,1H3. The van der Waals surface area contributed by atoms with Crippen LogP contribution >= 0.6 is 0 Å². The zero-order valence-corrected chi connectivity index (χ0v) is 18.1. The summed E-state index contributed by atoms with van der Waals surface area (Å²) < 4.78 is 11.4. The number of amides is 1. The fraction of sp³-hybridized carbons (Fsp3) is 0.560. The summed E-state index contributed by atoms with van der Waals surface area (Å²) in [6.07, 6.45) is 7.13. The number of benzene rings is 2. The number of carbonyl (C=O) groups excluding carboxylic acids is 1. The van der Waals surface area contributed by atoms with Crippen LogP contribution in [0.2, 0.25) is 0 Å². The van der Waals surface area contributed by atoms with E-state index in [0.717, 1.165) is 67.0 Å². The smallest absolute Gasteiger partial charge is 0.253 e. The number of methoxy groups -OCH3 is 1. The van der Waals surface area contributed by atoms with Crippen LogP contribution in [-0.2, 0) is 4.74 Å². The first-order valence-corrected chi connectivity index (χ1v) is 11.4. The highest BCUT2D eigenvalue weighted by Crippen LogP contribution is 2.24. The Labute approximate surface area is 179 Å². The molecule has 0 bridgehead atoms. The third-order valence-electron chi connectivity index (χ3n) is 6.48. The first kappa shape index (κ1) is 21.1. The number of fused-ring (bicyclic) bond motifs is 1. The second kappa shape index (κ2) is 10.3. The normalized spacial score (nSPS) is 22.2. The number of hydrogen-bond donors (Lipinski definition) is 1. The van der Waals surface area contributed by atoms with Gasteiger partial charge in [0.15, 0.2) is 0 Å². The van der Waals surface area contributed by atoms with Crippen LogP contribution in [0, 0.1) is 5.92 Å². The molecule has 2 aliphatic rings. The fourth-order valence-electron chi connectivity index (χ4n) is 4.68. The van der Waals surface area contributed by atoms with Gasteiger partial charge in [0.2, 0.25) is 0 Å². The van der Waals surface area contributed by atoms with Crippen LogP contribution in [0.1, 0.15) is 48.9 Å². The fourth-order valence-corrected chi connectivity index (χ4v) is 4.68. The van der Waals surface area contributed by atoms with Crippen molar-refractivity contribution in [2.24, 2.45) is 5.92 Å². The molecule has 2 aromatic carbocycles. The third kappa shape index (κ3) is 5.32. The maximum absolute atomic E-state index is 12.9. The topological polar surface area (TPSA) is 50.8 Å². The van der Waals surface area contributed by atoms with Gasteiger partial charge in [-0.2, -0.15) is 0 Å². The summed E-state index contributed by atoms with van der Waals surface area (Å²) in [6.45, 7) is 4.56. The van der Waals surface area contributed by atoms with Gasteiger partial charge in [-0.05, 0) is 92.6 Å². The minimum atomic E-state index is 0.0937. The van der Waals surface area contributed by atoms with Crippen molar-refractivity contribution >= 4 is 16.7 Å². The monoisotopic (exact) mass is 410 g/mol. The van der Waals surface area contributed by atoms with E-state index in [9.17, 15) is 4.79 Å². The molecule has 0 radical (unpaired) electrons. The highest BCUT2D eigenvalue weighted by molar-refractivity contribution is 5.98. The molecule has 0 aliphatic carbocycles. The van der Waals surface area contributed by atoms with Gasteiger partial charge in [-0.3, -0.25) is 4.79 Å². The minimum Gasteiger partial charge on any atom is -0.494 e. The van der Waals surface area contributed by atoms with Gasteiger partial charge in [-0.25, -0.2) is 0 Å². The van der Waals surface area contributed by atoms with Crippen LogP contribution in [-0.4, -0.2) is 56.8 Å². The molecule has 4 rings (SSSR count). The van der Waals surface area contributed by atoms with Gasteiger partial charge in [0, 0.05) is 25.8 Å². The Balaban J connectivity index is 1.33. The van der Waals surface area contributed by atoms with Crippen molar-refractivity contribution in [2.45, 2.75) is 44.6 Å². The lowest BCUT2D eigenvalue weighted by atomic mass is 9.95. The van der Waals surface area contributed by atoms with E-state index in [-0.39, 0.29) is 12.0 Å².